The number of aromatic nitrogens is 2. The van der Waals surface area contributed by atoms with E-state index in [0.29, 0.717) is 10.2 Å². The number of H-pyrrole nitrogens is 1. The molecule has 0 saturated carbocycles. The van der Waals surface area contributed by atoms with E-state index in [1.165, 1.54) is 23.5 Å². The Balaban J connectivity index is 1.91. The van der Waals surface area contributed by atoms with E-state index in [4.69, 9.17) is 16.3 Å². The first-order chi connectivity index (χ1) is 12.7. The van der Waals surface area contributed by atoms with Crippen LogP contribution in [0.25, 0.3) is 10.2 Å². The summed E-state index contributed by atoms with van der Waals surface area (Å²) < 4.78 is 5.31. The van der Waals surface area contributed by atoms with Crippen molar-refractivity contribution in [3.63, 3.8) is 0 Å². The second kappa shape index (κ2) is 7.09. The first-order valence-electron chi connectivity index (χ1n) is 7.84. The number of nitrogens with zero attached hydrogens (tertiary/aromatic N) is 2. The number of benzene rings is 1. The SMILES string of the molecule is Cc1sc2nc([C@H](C)OC(=O)c3cc([N+](=O)[O-])ccc3Cl)[nH]c(=O)c2c1C. The highest BCUT2D eigenvalue weighted by Gasteiger charge is 2.22. The fourth-order valence-electron chi connectivity index (χ4n) is 2.53. The third-order valence-corrected chi connectivity index (χ3v) is 5.54. The number of ether oxygens (including phenoxy) is 1. The molecule has 0 aliphatic carbocycles. The molecule has 8 nitrogen and oxygen atoms in total. The first-order valence-corrected chi connectivity index (χ1v) is 9.03. The van der Waals surface area contributed by atoms with Crippen LogP contribution in [-0.2, 0) is 4.74 Å². The van der Waals surface area contributed by atoms with Gasteiger partial charge in [-0.25, -0.2) is 9.78 Å². The van der Waals surface area contributed by atoms with Gasteiger partial charge in [0.2, 0.25) is 0 Å². The highest BCUT2D eigenvalue weighted by Crippen LogP contribution is 2.28. The molecule has 3 rings (SSSR count). The largest absolute Gasteiger partial charge is 0.451 e. The van der Waals surface area contributed by atoms with E-state index in [1.807, 2.05) is 13.8 Å². The van der Waals surface area contributed by atoms with Crippen molar-refractivity contribution in [1.82, 2.24) is 9.97 Å². The van der Waals surface area contributed by atoms with E-state index in [-0.39, 0.29) is 27.7 Å². The molecule has 2 heterocycles. The molecular formula is C17H14ClN3O5S. The maximum absolute atomic E-state index is 12.4. The van der Waals surface area contributed by atoms with Crippen LogP contribution in [0.3, 0.4) is 0 Å². The fraction of sp³-hybridized carbons (Fsp3) is 0.235. The van der Waals surface area contributed by atoms with E-state index in [0.717, 1.165) is 16.5 Å². The van der Waals surface area contributed by atoms with Gasteiger partial charge in [-0.2, -0.15) is 0 Å². The van der Waals surface area contributed by atoms with Crippen molar-refractivity contribution < 1.29 is 14.5 Å². The molecule has 3 aromatic rings. The summed E-state index contributed by atoms with van der Waals surface area (Å²) in [5, 5.41) is 11.4. The minimum atomic E-state index is -0.882. The highest BCUT2D eigenvalue weighted by atomic mass is 35.5. The second-order valence-electron chi connectivity index (χ2n) is 5.88. The van der Waals surface area contributed by atoms with Gasteiger partial charge in [-0.3, -0.25) is 14.9 Å². The number of nitro groups is 1. The fourth-order valence-corrected chi connectivity index (χ4v) is 3.76. The lowest BCUT2D eigenvalue weighted by Gasteiger charge is -2.13. The molecule has 0 aliphatic rings. The van der Waals surface area contributed by atoms with E-state index in [9.17, 15) is 19.7 Å². The van der Waals surface area contributed by atoms with Crippen molar-refractivity contribution >= 4 is 44.8 Å². The van der Waals surface area contributed by atoms with Gasteiger partial charge in [0.25, 0.3) is 11.2 Å². The van der Waals surface area contributed by atoms with Crippen LogP contribution in [0.2, 0.25) is 5.02 Å². The Morgan fingerprint density at radius 3 is 2.78 bits per heavy atom. The van der Waals surface area contributed by atoms with Crippen molar-refractivity contribution in [1.29, 1.82) is 0 Å². The van der Waals surface area contributed by atoms with E-state index in [2.05, 4.69) is 9.97 Å². The van der Waals surface area contributed by atoms with Gasteiger partial charge in [0.05, 0.1) is 20.9 Å². The van der Waals surface area contributed by atoms with Crippen molar-refractivity contribution in [2.45, 2.75) is 26.9 Å². The zero-order valence-electron chi connectivity index (χ0n) is 14.5. The molecule has 0 bridgehead atoms. The Labute approximate surface area is 161 Å². The lowest BCUT2D eigenvalue weighted by atomic mass is 10.2. The molecule has 10 heteroatoms. The summed E-state index contributed by atoms with van der Waals surface area (Å²) in [6, 6.07) is 3.49. The van der Waals surface area contributed by atoms with Gasteiger partial charge in [-0.15, -0.1) is 11.3 Å². The number of aromatic amines is 1. The topological polar surface area (TPSA) is 115 Å². The standard InChI is InChI=1S/C17H14ClN3O5S/c1-7-9(3)27-16-13(7)15(22)19-14(20-16)8(2)26-17(23)11-6-10(21(24)25)4-5-12(11)18/h4-6,8H,1-3H3,(H,19,20,22)/t8-/m0/s1. The van der Waals surface area contributed by atoms with Gasteiger partial charge >= 0.3 is 5.97 Å². The van der Waals surface area contributed by atoms with Gasteiger partial charge < -0.3 is 9.72 Å². The maximum Gasteiger partial charge on any atom is 0.340 e. The van der Waals surface area contributed by atoms with Gasteiger partial charge in [0.1, 0.15) is 4.83 Å². The number of esters is 1. The summed E-state index contributed by atoms with van der Waals surface area (Å²) in [5.74, 6) is -0.666. The van der Waals surface area contributed by atoms with Crippen molar-refractivity contribution in [2.24, 2.45) is 0 Å². The molecule has 140 valence electrons. The number of fused-ring (bicyclic) bond motifs is 1. The zero-order chi connectivity index (χ0) is 19.9. The number of non-ortho nitro benzene ring substituents is 1. The molecule has 0 fully saturated rings. The molecule has 0 amide bonds. The average molecular weight is 408 g/mol. The van der Waals surface area contributed by atoms with Crippen LogP contribution in [0.15, 0.2) is 23.0 Å². The monoisotopic (exact) mass is 407 g/mol. The molecule has 1 N–H and O–H groups in total. The number of halogens is 1. The van der Waals surface area contributed by atoms with E-state index >= 15 is 0 Å². The molecule has 27 heavy (non-hydrogen) atoms. The van der Waals surface area contributed by atoms with Crippen molar-refractivity contribution in [2.75, 3.05) is 0 Å². The number of rotatable bonds is 4. The van der Waals surface area contributed by atoms with Crippen molar-refractivity contribution in [3.05, 3.63) is 65.5 Å². The van der Waals surface area contributed by atoms with Gasteiger partial charge in [-0.1, -0.05) is 11.6 Å². The van der Waals surface area contributed by atoms with Gasteiger partial charge in [-0.05, 0) is 32.4 Å². The molecule has 1 atom stereocenters. The van der Waals surface area contributed by atoms with Crippen LogP contribution in [-0.4, -0.2) is 20.9 Å². The summed E-state index contributed by atoms with van der Waals surface area (Å²) in [6.45, 7) is 5.29. The van der Waals surface area contributed by atoms with Crippen LogP contribution < -0.4 is 5.56 Å². The Bertz CT molecular complexity index is 1140. The number of nitrogens with one attached hydrogen (secondary N) is 1. The third-order valence-electron chi connectivity index (χ3n) is 4.11. The Morgan fingerprint density at radius 1 is 1.41 bits per heavy atom. The van der Waals surface area contributed by atoms with Gasteiger partial charge in [0.15, 0.2) is 11.9 Å². The molecule has 0 radical (unpaired) electrons. The van der Waals surface area contributed by atoms with Crippen molar-refractivity contribution in [3.8, 4) is 0 Å². The van der Waals surface area contributed by atoms with Crippen LogP contribution in [0.1, 0.15) is 39.7 Å². The summed E-state index contributed by atoms with van der Waals surface area (Å²) in [7, 11) is 0. The number of carbonyl (C=O) groups excluding carboxylic acids is 1. The molecule has 0 spiro atoms. The molecular weight excluding hydrogens is 394 g/mol. The van der Waals surface area contributed by atoms with E-state index in [1.54, 1.807) is 6.92 Å². The van der Waals surface area contributed by atoms with Crippen LogP contribution in [0.4, 0.5) is 5.69 Å². The molecule has 1 aromatic carbocycles. The molecule has 0 saturated heterocycles. The number of carbonyl (C=O) groups is 1. The smallest absolute Gasteiger partial charge is 0.340 e. The number of hydrogen-bond donors (Lipinski definition) is 1. The minimum absolute atomic E-state index is 0.0270. The lowest BCUT2D eigenvalue weighted by Crippen LogP contribution is -2.17. The maximum atomic E-state index is 12.4. The lowest BCUT2D eigenvalue weighted by molar-refractivity contribution is -0.384. The van der Waals surface area contributed by atoms with Crippen LogP contribution >= 0.6 is 22.9 Å². The molecule has 0 unspecified atom stereocenters. The summed E-state index contributed by atoms with van der Waals surface area (Å²) >= 11 is 7.33. The number of thiophene rings is 1. The molecule has 0 aliphatic heterocycles. The van der Waals surface area contributed by atoms with Gasteiger partial charge in [0, 0.05) is 17.0 Å². The summed E-state index contributed by atoms with van der Waals surface area (Å²) in [6.07, 6.45) is -0.882. The summed E-state index contributed by atoms with van der Waals surface area (Å²) in [5.41, 5.74) is 0.136. The predicted octanol–water partition coefficient (Wildman–Crippen LogP) is 4.08. The average Bonchev–Trinajstić information content (AvgIpc) is 2.89. The molecule has 2 aromatic heterocycles. The number of hydrogen-bond acceptors (Lipinski definition) is 7. The Hall–Kier alpha value is -2.78. The van der Waals surface area contributed by atoms with E-state index < -0.39 is 17.0 Å². The summed E-state index contributed by atoms with van der Waals surface area (Å²) in [4.78, 5) is 43.5. The Morgan fingerprint density at radius 2 is 2.11 bits per heavy atom. The second-order valence-corrected chi connectivity index (χ2v) is 7.49. The predicted molar refractivity (Wildman–Crippen MR) is 102 cm³/mol. The third kappa shape index (κ3) is 3.56. The van der Waals surface area contributed by atoms with Crippen LogP contribution in [0, 0.1) is 24.0 Å². The minimum Gasteiger partial charge on any atom is -0.451 e. The zero-order valence-corrected chi connectivity index (χ0v) is 16.1. The van der Waals surface area contributed by atoms with Crippen LogP contribution in [0.5, 0.6) is 0 Å². The number of aryl methyl sites for hydroxylation is 2. The quantitative estimate of drug-likeness (QED) is 0.395. The normalized spacial score (nSPS) is 12.1. The number of nitro benzene ring substituents is 1. The first kappa shape index (κ1) is 19.0. The highest BCUT2D eigenvalue weighted by molar-refractivity contribution is 7.18. The Kier molecular flexibility index (Phi) is 4.99.